The van der Waals surface area contributed by atoms with E-state index >= 15 is 0 Å². The average molecular weight is 205 g/mol. The van der Waals surface area contributed by atoms with E-state index in [4.69, 9.17) is 6.42 Å². The second-order valence-corrected chi connectivity index (χ2v) is 4.67. The van der Waals surface area contributed by atoms with Gasteiger partial charge < -0.3 is 5.32 Å². The van der Waals surface area contributed by atoms with Crippen molar-refractivity contribution >= 4 is 0 Å². The van der Waals surface area contributed by atoms with E-state index in [0.717, 1.165) is 19.5 Å². The van der Waals surface area contributed by atoms with Gasteiger partial charge in [0.1, 0.15) is 0 Å². The van der Waals surface area contributed by atoms with Gasteiger partial charge in [-0.2, -0.15) is 5.10 Å². The molecule has 15 heavy (non-hydrogen) atoms. The highest BCUT2D eigenvalue weighted by Crippen LogP contribution is 2.03. The molecule has 1 rings (SSSR count). The number of hydrogen-bond donors (Lipinski definition) is 1. The first-order valence-corrected chi connectivity index (χ1v) is 5.21. The van der Waals surface area contributed by atoms with Gasteiger partial charge >= 0.3 is 0 Å². The van der Waals surface area contributed by atoms with Crippen molar-refractivity contribution in [3.8, 4) is 12.3 Å². The molecule has 0 saturated heterocycles. The lowest BCUT2D eigenvalue weighted by molar-refractivity contribution is 0.424. The summed E-state index contributed by atoms with van der Waals surface area (Å²) < 4.78 is 1.89. The Morgan fingerprint density at radius 1 is 1.53 bits per heavy atom. The van der Waals surface area contributed by atoms with Gasteiger partial charge in [0.15, 0.2) is 0 Å². The quantitative estimate of drug-likeness (QED) is 0.760. The van der Waals surface area contributed by atoms with Crippen molar-refractivity contribution in [3.63, 3.8) is 0 Å². The van der Waals surface area contributed by atoms with Crippen molar-refractivity contribution in [2.24, 2.45) is 0 Å². The third-order valence-corrected chi connectivity index (χ3v) is 1.99. The second-order valence-electron chi connectivity index (χ2n) is 4.67. The van der Waals surface area contributed by atoms with Gasteiger partial charge in [-0.3, -0.25) is 4.68 Å². The predicted molar refractivity (Wildman–Crippen MR) is 62.3 cm³/mol. The maximum Gasteiger partial charge on any atom is 0.0534 e. The first-order valence-electron chi connectivity index (χ1n) is 5.21. The Hall–Kier alpha value is -1.27. The molecule has 0 radical (unpaired) electrons. The number of rotatable bonds is 4. The zero-order chi connectivity index (χ0) is 11.3. The molecule has 0 amide bonds. The molecular weight excluding hydrogens is 186 g/mol. The summed E-state index contributed by atoms with van der Waals surface area (Å²) in [6.45, 7) is 8.09. The molecule has 0 aliphatic heterocycles. The van der Waals surface area contributed by atoms with Gasteiger partial charge in [-0.25, -0.2) is 0 Å². The van der Waals surface area contributed by atoms with Crippen LogP contribution in [-0.2, 0) is 13.1 Å². The van der Waals surface area contributed by atoms with Crippen molar-refractivity contribution in [1.82, 2.24) is 15.1 Å². The van der Waals surface area contributed by atoms with Gasteiger partial charge in [0, 0.05) is 30.3 Å². The molecule has 0 aromatic carbocycles. The fourth-order valence-electron chi connectivity index (χ4n) is 1.17. The van der Waals surface area contributed by atoms with Crippen LogP contribution in [0.5, 0.6) is 0 Å². The lowest BCUT2D eigenvalue weighted by Gasteiger charge is -2.19. The molecule has 3 heteroatoms. The highest BCUT2D eigenvalue weighted by Gasteiger charge is 2.08. The van der Waals surface area contributed by atoms with Gasteiger partial charge in [0.05, 0.1) is 12.7 Å². The molecule has 1 heterocycles. The lowest BCUT2D eigenvalue weighted by atomic mass is 10.1. The number of terminal acetylenes is 1. The van der Waals surface area contributed by atoms with Crippen molar-refractivity contribution < 1.29 is 0 Å². The van der Waals surface area contributed by atoms with E-state index in [0.29, 0.717) is 0 Å². The molecule has 0 fully saturated rings. The number of nitrogens with one attached hydrogen (secondary N) is 1. The van der Waals surface area contributed by atoms with Gasteiger partial charge in [0.25, 0.3) is 0 Å². The Labute approximate surface area is 91.9 Å². The Morgan fingerprint density at radius 3 is 2.87 bits per heavy atom. The van der Waals surface area contributed by atoms with Gasteiger partial charge in [-0.15, -0.1) is 12.3 Å². The Morgan fingerprint density at radius 2 is 2.27 bits per heavy atom. The molecule has 0 atom stereocenters. The molecule has 0 bridgehead atoms. The SMILES string of the molecule is C#CCCn1cc(CNC(C)(C)C)cn1. The fourth-order valence-corrected chi connectivity index (χ4v) is 1.17. The summed E-state index contributed by atoms with van der Waals surface area (Å²) in [4.78, 5) is 0. The van der Waals surface area contributed by atoms with Crippen LogP contribution in [0.15, 0.2) is 12.4 Å². The van der Waals surface area contributed by atoms with Crippen LogP contribution in [0.4, 0.5) is 0 Å². The topological polar surface area (TPSA) is 29.9 Å². The van der Waals surface area contributed by atoms with E-state index < -0.39 is 0 Å². The molecule has 0 spiro atoms. The third-order valence-electron chi connectivity index (χ3n) is 1.99. The van der Waals surface area contributed by atoms with Crippen LogP contribution in [0.2, 0.25) is 0 Å². The van der Waals surface area contributed by atoms with Crippen LogP contribution in [0.3, 0.4) is 0 Å². The number of aromatic nitrogens is 2. The van der Waals surface area contributed by atoms with Crippen molar-refractivity contribution in [2.45, 2.75) is 45.8 Å². The number of aryl methyl sites for hydroxylation is 1. The van der Waals surface area contributed by atoms with Crippen LogP contribution in [0.25, 0.3) is 0 Å². The van der Waals surface area contributed by atoms with Crippen LogP contribution in [-0.4, -0.2) is 15.3 Å². The average Bonchev–Trinajstić information content (AvgIpc) is 2.58. The molecule has 1 N–H and O–H groups in total. The van der Waals surface area contributed by atoms with Gasteiger partial charge in [0.2, 0.25) is 0 Å². The molecule has 3 nitrogen and oxygen atoms in total. The van der Waals surface area contributed by atoms with E-state index in [1.54, 1.807) is 0 Å². The summed E-state index contributed by atoms with van der Waals surface area (Å²) in [6, 6.07) is 0. The number of nitrogens with zero attached hydrogens (tertiary/aromatic N) is 2. The molecular formula is C12H19N3. The minimum Gasteiger partial charge on any atom is -0.308 e. The Kier molecular flexibility index (Phi) is 3.93. The van der Waals surface area contributed by atoms with E-state index in [-0.39, 0.29) is 5.54 Å². The minimum atomic E-state index is 0.140. The summed E-state index contributed by atoms with van der Waals surface area (Å²) in [7, 11) is 0. The van der Waals surface area contributed by atoms with E-state index in [9.17, 15) is 0 Å². The van der Waals surface area contributed by atoms with Crippen LogP contribution >= 0.6 is 0 Å². The smallest absolute Gasteiger partial charge is 0.0534 e. The summed E-state index contributed by atoms with van der Waals surface area (Å²) >= 11 is 0. The van der Waals surface area contributed by atoms with Crippen LogP contribution in [0, 0.1) is 12.3 Å². The Balaban J connectivity index is 2.43. The van der Waals surface area contributed by atoms with E-state index in [1.807, 2.05) is 17.1 Å². The second kappa shape index (κ2) is 4.99. The van der Waals surface area contributed by atoms with Gasteiger partial charge in [-0.1, -0.05) is 0 Å². The normalized spacial score (nSPS) is 11.3. The lowest BCUT2D eigenvalue weighted by Crippen LogP contribution is -2.34. The van der Waals surface area contributed by atoms with Crippen LogP contribution in [0.1, 0.15) is 32.8 Å². The first kappa shape index (κ1) is 11.8. The maximum absolute atomic E-state index is 5.20. The molecule has 0 aliphatic carbocycles. The first-order chi connectivity index (χ1) is 7.01. The van der Waals surface area contributed by atoms with Crippen molar-refractivity contribution in [2.75, 3.05) is 0 Å². The van der Waals surface area contributed by atoms with Gasteiger partial charge in [-0.05, 0) is 20.8 Å². The molecule has 1 aromatic heterocycles. The molecule has 82 valence electrons. The monoisotopic (exact) mass is 205 g/mol. The van der Waals surface area contributed by atoms with E-state index in [2.05, 4.69) is 37.1 Å². The highest BCUT2D eigenvalue weighted by molar-refractivity contribution is 5.04. The predicted octanol–water partition coefficient (Wildman–Crippen LogP) is 1.79. The molecule has 1 aromatic rings. The third kappa shape index (κ3) is 4.66. The molecule has 0 unspecified atom stereocenters. The zero-order valence-electron chi connectivity index (χ0n) is 9.75. The molecule has 0 aliphatic rings. The minimum absolute atomic E-state index is 0.140. The summed E-state index contributed by atoms with van der Waals surface area (Å²) in [6.07, 6.45) is 9.85. The molecule has 0 saturated carbocycles. The summed E-state index contributed by atoms with van der Waals surface area (Å²) in [5.41, 5.74) is 1.34. The number of hydrogen-bond acceptors (Lipinski definition) is 2. The fraction of sp³-hybridized carbons (Fsp3) is 0.583. The standard InChI is InChI=1S/C12H19N3/c1-5-6-7-15-10-11(9-14-15)8-13-12(2,3)4/h1,9-10,13H,6-8H2,2-4H3. The summed E-state index contributed by atoms with van der Waals surface area (Å²) in [5, 5.41) is 7.65. The maximum atomic E-state index is 5.20. The highest BCUT2D eigenvalue weighted by atomic mass is 15.3. The zero-order valence-corrected chi connectivity index (χ0v) is 9.75. The van der Waals surface area contributed by atoms with Crippen LogP contribution < -0.4 is 5.32 Å². The summed E-state index contributed by atoms with van der Waals surface area (Å²) in [5.74, 6) is 2.61. The van der Waals surface area contributed by atoms with E-state index in [1.165, 1.54) is 5.56 Å². The van der Waals surface area contributed by atoms with Crippen molar-refractivity contribution in [3.05, 3.63) is 18.0 Å². The Bertz CT molecular complexity index is 338. The van der Waals surface area contributed by atoms with Crippen molar-refractivity contribution in [1.29, 1.82) is 0 Å². The largest absolute Gasteiger partial charge is 0.308 e.